The topological polar surface area (TPSA) is 94.1 Å². The lowest BCUT2D eigenvalue weighted by Gasteiger charge is -2.28. The quantitative estimate of drug-likeness (QED) is 0.745. The molecule has 1 aliphatic rings. The van der Waals surface area contributed by atoms with E-state index in [1.54, 1.807) is 25.1 Å². The molecule has 25 heavy (non-hydrogen) atoms. The monoisotopic (exact) mass is 351 g/mol. The summed E-state index contributed by atoms with van der Waals surface area (Å²) in [6.07, 6.45) is 1.88. The molecule has 1 unspecified atom stereocenters. The lowest BCUT2D eigenvalue weighted by molar-refractivity contribution is -0.139. The molecule has 0 spiro atoms. The van der Waals surface area contributed by atoms with Crippen LogP contribution in [0.25, 0.3) is 0 Å². The fraction of sp³-hybridized carbons (Fsp3) is 0.556. The lowest BCUT2D eigenvalue weighted by Crippen LogP contribution is -2.40. The normalized spacial score (nSPS) is 16.1. The molecule has 7 heteroatoms. The molecule has 1 saturated heterocycles. The summed E-state index contributed by atoms with van der Waals surface area (Å²) in [4.78, 5) is 23.1. The Morgan fingerprint density at radius 1 is 1.28 bits per heavy atom. The highest BCUT2D eigenvalue weighted by molar-refractivity contribution is 5.95. The summed E-state index contributed by atoms with van der Waals surface area (Å²) in [5.41, 5.74) is 0.449. The van der Waals surface area contributed by atoms with Crippen molar-refractivity contribution in [2.75, 3.05) is 26.4 Å². The molecule has 7 nitrogen and oxygen atoms in total. The van der Waals surface area contributed by atoms with E-state index in [2.05, 4.69) is 5.32 Å². The summed E-state index contributed by atoms with van der Waals surface area (Å²) in [6.45, 7) is 5.19. The molecule has 1 atom stereocenters. The van der Waals surface area contributed by atoms with E-state index in [9.17, 15) is 9.59 Å². The molecule has 138 valence electrons. The first-order chi connectivity index (χ1) is 12.0. The molecule has 1 amide bonds. The number of ether oxygens (including phenoxy) is 3. The third kappa shape index (κ3) is 5.63. The van der Waals surface area contributed by atoms with Crippen molar-refractivity contribution in [1.82, 2.24) is 5.32 Å². The zero-order chi connectivity index (χ0) is 18.2. The second kappa shape index (κ2) is 9.27. The first-order valence-corrected chi connectivity index (χ1v) is 8.51. The van der Waals surface area contributed by atoms with Gasteiger partial charge in [0.05, 0.1) is 6.61 Å². The van der Waals surface area contributed by atoms with Crippen LogP contribution in [0.15, 0.2) is 18.2 Å². The van der Waals surface area contributed by atoms with E-state index in [0.29, 0.717) is 29.6 Å². The number of carboxylic acids is 1. The number of nitrogens with one attached hydrogen (secondary N) is 1. The molecule has 1 aromatic carbocycles. The third-order valence-electron chi connectivity index (χ3n) is 4.19. The van der Waals surface area contributed by atoms with E-state index in [1.807, 2.05) is 6.92 Å². The van der Waals surface area contributed by atoms with Crippen LogP contribution in [-0.2, 0) is 9.53 Å². The van der Waals surface area contributed by atoms with Crippen LogP contribution in [0, 0.1) is 5.92 Å². The van der Waals surface area contributed by atoms with Gasteiger partial charge in [0.2, 0.25) is 0 Å². The van der Waals surface area contributed by atoms with Gasteiger partial charge in [0.1, 0.15) is 0 Å². The molecule has 1 aromatic rings. The SMILES string of the molecule is CCOc1cc(C(=O)NC(C)C2CCOCC2)ccc1OCC(=O)O. The molecule has 1 aliphatic heterocycles. The van der Waals surface area contributed by atoms with Crippen molar-refractivity contribution in [3.8, 4) is 11.5 Å². The summed E-state index contributed by atoms with van der Waals surface area (Å²) >= 11 is 0. The number of hydrogen-bond donors (Lipinski definition) is 2. The number of hydrogen-bond acceptors (Lipinski definition) is 5. The zero-order valence-electron chi connectivity index (χ0n) is 14.6. The standard InChI is InChI=1S/C18H25NO6/c1-3-24-16-10-14(4-5-15(16)25-11-17(20)21)18(22)19-12(2)13-6-8-23-9-7-13/h4-5,10,12-13H,3,6-9,11H2,1-2H3,(H,19,22)(H,20,21). The molecule has 0 radical (unpaired) electrons. The molecule has 0 bridgehead atoms. The van der Waals surface area contributed by atoms with Crippen LogP contribution in [0.1, 0.15) is 37.0 Å². The van der Waals surface area contributed by atoms with Gasteiger partial charge < -0.3 is 24.6 Å². The average molecular weight is 351 g/mol. The molecule has 1 fully saturated rings. The van der Waals surface area contributed by atoms with Gasteiger partial charge in [-0.25, -0.2) is 4.79 Å². The first-order valence-electron chi connectivity index (χ1n) is 8.51. The smallest absolute Gasteiger partial charge is 0.341 e. The highest BCUT2D eigenvalue weighted by atomic mass is 16.5. The number of benzene rings is 1. The van der Waals surface area contributed by atoms with Gasteiger partial charge in [-0.2, -0.15) is 0 Å². The Balaban J connectivity index is 2.05. The van der Waals surface area contributed by atoms with Crippen LogP contribution in [0.2, 0.25) is 0 Å². The van der Waals surface area contributed by atoms with E-state index >= 15 is 0 Å². The van der Waals surface area contributed by atoms with Crippen LogP contribution in [0.4, 0.5) is 0 Å². The number of rotatable bonds is 8. The molecular weight excluding hydrogens is 326 g/mol. The highest BCUT2D eigenvalue weighted by Gasteiger charge is 2.22. The van der Waals surface area contributed by atoms with Gasteiger partial charge in [-0.05, 0) is 50.8 Å². The fourth-order valence-electron chi connectivity index (χ4n) is 2.80. The van der Waals surface area contributed by atoms with Crippen LogP contribution in [-0.4, -0.2) is 49.5 Å². The van der Waals surface area contributed by atoms with Crippen molar-refractivity contribution in [2.45, 2.75) is 32.7 Å². The second-order valence-electron chi connectivity index (χ2n) is 5.99. The molecule has 2 N–H and O–H groups in total. The number of carbonyl (C=O) groups is 2. The van der Waals surface area contributed by atoms with Gasteiger partial charge in [0.25, 0.3) is 5.91 Å². The van der Waals surface area contributed by atoms with Crippen molar-refractivity contribution in [3.63, 3.8) is 0 Å². The minimum atomic E-state index is -1.07. The van der Waals surface area contributed by atoms with Crippen LogP contribution < -0.4 is 14.8 Å². The summed E-state index contributed by atoms with van der Waals surface area (Å²) in [7, 11) is 0. The molecule has 0 saturated carbocycles. The molecule has 1 heterocycles. The van der Waals surface area contributed by atoms with Crippen LogP contribution in [0.5, 0.6) is 11.5 Å². The maximum absolute atomic E-state index is 12.5. The predicted octanol–water partition coefficient (Wildman–Crippen LogP) is 2.09. The Hall–Kier alpha value is -2.28. The van der Waals surface area contributed by atoms with Crippen molar-refractivity contribution in [1.29, 1.82) is 0 Å². The lowest BCUT2D eigenvalue weighted by atomic mass is 9.93. The largest absolute Gasteiger partial charge is 0.490 e. The molecule has 2 rings (SSSR count). The zero-order valence-corrected chi connectivity index (χ0v) is 14.6. The molecular formula is C18H25NO6. The minimum absolute atomic E-state index is 0.0508. The van der Waals surface area contributed by atoms with E-state index in [4.69, 9.17) is 19.3 Å². The summed E-state index contributed by atoms with van der Waals surface area (Å²) in [5.74, 6) is -0.199. The number of aliphatic carboxylic acids is 1. The van der Waals surface area contributed by atoms with Crippen molar-refractivity contribution < 1.29 is 28.9 Å². The van der Waals surface area contributed by atoms with Gasteiger partial charge >= 0.3 is 5.97 Å². The van der Waals surface area contributed by atoms with Gasteiger partial charge in [0, 0.05) is 24.8 Å². The first kappa shape index (κ1) is 19.1. The van der Waals surface area contributed by atoms with Crippen molar-refractivity contribution >= 4 is 11.9 Å². The van der Waals surface area contributed by atoms with E-state index < -0.39 is 12.6 Å². The van der Waals surface area contributed by atoms with E-state index in [1.165, 1.54) is 0 Å². The maximum atomic E-state index is 12.5. The molecule has 0 aromatic heterocycles. The summed E-state index contributed by atoms with van der Waals surface area (Å²) in [6, 6.07) is 4.79. The molecule has 0 aliphatic carbocycles. The number of carboxylic acid groups (broad SMARTS) is 1. The van der Waals surface area contributed by atoms with Crippen molar-refractivity contribution in [2.24, 2.45) is 5.92 Å². The van der Waals surface area contributed by atoms with Gasteiger partial charge in [-0.15, -0.1) is 0 Å². The minimum Gasteiger partial charge on any atom is -0.490 e. The van der Waals surface area contributed by atoms with Crippen molar-refractivity contribution in [3.05, 3.63) is 23.8 Å². The Labute approximate surface area is 147 Å². The second-order valence-corrected chi connectivity index (χ2v) is 5.99. The third-order valence-corrected chi connectivity index (χ3v) is 4.19. The maximum Gasteiger partial charge on any atom is 0.341 e. The summed E-state index contributed by atoms with van der Waals surface area (Å²) < 4.78 is 16.0. The average Bonchev–Trinajstić information content (AvgIpc) is 2.61. The van der Waals surface area contributed by atoms with E-state index in [0.717, 1.165) is 26.1 Å². The Morgan fingerprint density at radius 2 is 2.00 bits per heavy atom. The van der Waals surface area contributed by atoms with Crippen LogP contribution in [0.3, 0.4) is 0 Å². The number of amides is 1. The van der Waals surface area contributed by atoms with Crippen LogP contribution >= 0.6 is 0 Å². The highest BCUT2D eigenvalue weighted by Crippen LogP contribution is 2.29. The fourth-order valence-corrected chi connectivity index (χ4v) is 2.80. The predicted molar refractivity (Wildman–Crippen MR) is 91.2 cm³/mol. The van der Waals surface area contributed by atoms with E-state index in [-0.39, 0.29) is 11.9 Å². The van der Waals surface area contributed by atoms with Gasteiger partial charge in [0.15, 0.2) is 18.1 Å². The summed E-state index contributed by atoms with van der Waals surface area (Å²) in [5, 5.41) is 11.7. The van der Waals surface area contributed by atoms with Gasteiger partial charge in [-0.3, -0.25) is 4.79 Å². The Kier molecular flexibility index (Phi) is 7.06. The number of carbonyl (C=O) groups excluding carboxylic acids is 1. The van der Waals surface area contributed by atoms with Gasteiger partial charge in [-0.1, -0.05) is 0 Å². The Bertz CT molecular complexity index is 597. The Morgan fingerprint density at radius 3 is 2.64 bits per heavy atom.